The van der Waals surface area contributed by atoms with Crippen molar-refractivity contribution in [1.29, 1.82) is 0 Å². The van der Waals surface area contributed by atoms with Crippen molar-refractivity contribution in [3.63, 3.8) is 0 Å². The van der Waals surface area contributed by atoms with E-state index in [-0.39, 0.29) is 24.0 Å². The second-order valence-electron chi connectivity index (χ2n) is 7.67. The highest BCUT2D eigenvalue weighted by Crippen LogP contribution is 2.18. The molecule has 2 heterocycles. The molecular weight excluding hydrogens is 477 g/mol. The number of guanidine groups is 1. The van der Waals surface area contributed by atoms with Gasteiger partial charge in [0.25, 0.3) is 0 Å². The number of aliphatic imine (C=N–C) groups is 1. The lowest BCUT2D eigenvalue weighted by Crippen LogP contribution is -2.39. The van der Waals surface area contributed by atoms with Gasteiger partial charge < -0.3 is 15.5 Å². The van der Waals surface area contributed by atoms with E-state index in [2.05, 4.69) is 51.7 Å². The highest BCUT2D eigenvalue weighted by atomic mass is 127. The van der Waals surface area contributed by atoms with Crippen LogP contribution in [-0.2, 0) is 17.8 Å². The van der Waals surface area contributed by atoms with Crippen molar-refractivity contribution >= 4 is 35.8 Å². The lowest BCUT2D eigenvalue weighted by Gasteiger charge is -2.28. The largest absolute Gasteiger partial charge is 0.357 e. The molecule has 1 fully saturated rings. The Morgan fingerprint density at radius 2 is 1.90 bits per heavy atom. The SMILES string of the molecule is CCNC(=NCCCN1CCCC1=O)NCCCN1CCc2ccccc2C1.I. The van der Waals surface area contributed by atoms with E-state index in [0.717, 1.165) is 90.4 Å². The van der Waals surface area contributed by atoms with Crippen molar-refractivity contribution in [2.45, 2.75) is 45.6 Å². The number of amides is 1. The number of likely N-dealkylation sites (tertiary alicyclic amines) is 1. The van der Waals surface area contributed by atoms with E-state index in [9.17, 15) is 4.79 Å². The minimum absolute atomic E-state index is 0. The summed E-state index contributed by atoms with van der Waals surface area (Å²) < 4.78 is 0. The van der Waals surface area contributed by atoms with Crippen LogP contribution in [0.4, 0.5) is 0 Å². The van der Waals surface area contributed by atoms with Crippen LogP contribution in [0.25, 0.3) is 0 Å². The Morgan fingerprint density at radius 3 is 2.66 bits per heavy atom. The van der Waals surface area contributed by atoms with Gasteiger partial charge in [-0.15, -0.1) is 24.0 Å². The first-order chi connectivity index (χ1) is 13.8. The quantitative estimate of drug-likeness (QED) is 0.231. The molecule has 0 radical (unpaired) electrons. The molecule has 1 aromatic rings. The van der Waals surface area contributed by atoms with E-state index in [4.69, 9.17) is 0 Å². The van der Waals surface area contributed by atoms with Gasteiger partial charge in [-0.05, 0) is 43.7 Å². The van der Waals surface area contributed by atoms with Gasteiger partial charge in [0.1, 0.15) is 0 Å². The summed E-state index contributed by atoms with van der Waals surface area (Å²) in [7, 11) is 0. The van der Waals surface area contributed by atoms with Crippen molar-refractivity contribution in [3.8, 4) is 0 Å². The van der Waals surface area contributed by atoms with E-state index in [0.29, 0.717) is 5.91 Å². The van der Waals surface area contributed by atoms with E-state index >= 15 is 0 Å². The fourth-order valence-corrected chi connectivity index (χ4v) is 3.99. The molecule has 2 aliphatic rings. The molecule has 0 unspecified atom stereocenters. The van der Waals surface area contributed by atoms with Crippen LogP contribution >= 0.6 is 24.0 Å². The standard InChI is InChI=1S/C22H35N5O.HI/c1-2-23-22(25-13-7-16-27-15-5-10-21(27)28)24-12-6-14-26-17-11-19-8-3-4-9-20(19)18-26;/h3-4,8-9H,2,5-7,10-18H2,1H3,(H2,23,24,25);1H. The average molecular weight is 513 g/mol. The van der Waals surface area contributed by atoms with Crippen molar-refractivity contribution < 1.29 is 4.79 Å². The van der Waals surface area contributed by atoms with E-state index in [1.807, 2.05) is 4.90 Å². The minimum atomic E-state index is 0. The fourth-order valence-electron chi connectivity index (χ4n) is 3.99. The summed E-state index contributed by atoms with van der Waals surface area (Å²) in [6.07, 6.45) is 4.92. The van der Waals surface area contributed by atoms with E-state index in [1.165, 1.54) is 11.1 Å². The first-order valence-corrected chi connectivity index (χ1v) is 10.9. The maximum absolute atomic E-state index is 11.6. The highest BCUT2D eigenvalue weighted by molar-refractivity contribution is 14.0. The van der Waals surface area contributed by atoms with Crippen LogP contribution in [-0.4, -0.2) is 67.5 Å². The molecule has 1 aromatic carbocycles. The maximum Gasteiger partial charge on any atom is 0.222 e. The first-order valence-electron chi connectivity index (χ1n) is 10.9. The highest BCUT2D eigenvalue weighted by Gasteiger charge is 2.19. The molecule has 162 valence electrons. The monoisotopic (exact) mass is 513 g/mol. The topological polar surface area (TPSA) is 60.0 Å². The van der Waals surface area contributed by atoms with Gasteiger partial charge in [0, 0.05) is 58.8 Å². The summed E-state index contributed by atoms with van der Waals surface area (Å²) in [4.78, 5) is 20.8. The normalized spacial score (nSPS) is 17.1. The average Bonchev–Trinajstić information content (AvgIpc) is 3.13. The summed E-state index contributed by atoms with van der Waals surface area (Å²) in [5.41, 5.74) is 2.99. The lowest BCUT2D eigenvalue weighted by molar-refractivity contribution is -0.127. The third kappa shape index (κ3) is 7.77. The number of hydrogen-bond donors (Lipinski definition) is 2. The molecule has 29 heavy (non-hydrogen) atoms. The third-order valence-corrected chi connectivity index (χ3v) is 5.52. The zero-order chi connectivity index (χ0) is 19.6. The van der Waals surface area contributed by atoms with Gasteiger partial charge >= 0.3 is 0 Å². The Kier molecular flexibility index (Phi) is 10.8. The summed E-state index contributed by atoms with van der Waals surface area (Å²) in [5.74, 6) is 1.19. The number of nitrogens with one attached hydrogen (secondary N) is 2. The van der Waals surface area contributed by atoms with Crippen molar-refractivity contribution in [1.82, 2.24) is 20.4 Å². The smallest absolute Gasteiger partial charge is 0.222 e. The van der Waals surface area contributed by atoms with E-state index < -0.39 is 0 Å². The zero-order valence-corrected chi connectivity index (χ0v) is 20.0. The molecule has 6 nitrogen and oxygen atoms in total. The van der Waals surface area contributed by atoms with Crippen LogP contribution in [0.1, 0.15) is 43.7 Å². The van der Waals surface area contributed by atoms with Crippen LogP contribution in [0, 0.1) is 0 Å². The Bertz CT molecular complexity index is 666. The molecule has 0 bridgehead atoms. The molecular formula is C22H36IN5O. The van der Waals surface area contributed by atoms with Gasteiger partial charge in [0.05, 0.1) is 0 Å². The number of halogens is 1. The van der Waals surface area contributed by atoms with Gasteiger partial charge in [-0.1, -0.05) is 24.3 Å². The van der Waals surface area contributed by atoms with Gasteiger partial charge in [0.15, 0.2) is 5.96 Å². The number of rotatable bonds is 9. The molecule has 0 atom stereocenters. The molecule has 3 rings (SSSR count). The van der Waals surface area contributed by atoms with Crippen molar-refractivity contribution in [2.24, 2.45) is 4.99 Å². The van der Waals surface area contributed by atoms with E-state index in [1.54, 1.807) is 0 Å². The molecule has 1 saturated heterocycles. The molecule has 0 saturated carbocycles. The summed E-state index contributed by atoms with van der Waals surface area (Å²) in [6, 6.07) is 8.80. The fraction of sp³-hybridized carbons (Fsp3) is 0.636. The minimum Gasteiger partial charge on any atom is -0.357 e. The predicted octanol–water partition coefficient (Wildman–Crippen LogP) is 2.62. The molecule has 0 aliphatic carbocycles. The van der Waals surface area contributed by atoms with Gasteiger partial charge in [-0.2, -0.15) is 0 Å². The number of carbonyl (C=O) groups excluding carboxylic acids is 1. The first kappa shape index (κ1) is 23.9. The second kappa shape index (κ2) is 13.1. The second-order valence-corrected chi connectivity index (χ2v) is 7.67. The Labute approximate surface area is 192 Å². The summed E-state index contributed by atoms with van der Waals surface area (Å²) >= 11 is 0. The van der Waals surface area contributed by atoms with Gasteiger partial charge in [-0.3, -0.25) is 14.7 Å². The van der Waals surface area contributed by atoms with Crippen LogP contribution < -0.4 is 10.6 Å². The van der Waals surface area contributed by atoms with Crippen molar-refractivity contribution in [3.05, 3.63) is 35.4 Å². The molecule has 2 N–H and O–H groups in total. The number of hydrogen-bond acceptors (Lipinski definition) is 3. The Morgan fingerprint density at radius 1 is 1.07 bits per heavy atom. The van der Waals surface area contributed by atoms with Crippen LogP contribution in [0.5, 0.6) is 0 Å². The number of fused-ring (bicyclic) bond motifs is 1. The summed E-state index contributed by atoms with van der Waals surface area (Å²) in [6.45, 7) is 9.71. The third-order valence-electron chi connectivity index (χ3n) is 5.52. The molecule has 1 amide bonds. The summed E-state index contributed by atoms with van der Waals surface area (Å²) in [5, 5.41) is 6.76. The molecule has 7 heteroatoms. The van der Waals surface area contributed by atoms with Crippen LogP contribution in [0.15, 0.2) is 29.3 Å². The lowest BCUT2D eigenvalue weighted by atomic mass is 10.00. The van der Waals surface area contributed by atoms with Gasteiger partial charge in [0.2, 0.25) is 5.91 Å². The van der Waals surface area contributed by atoms with Crippen LogP contribution in [0.3, 0.4) is 0 Å². The zero-order valence-electron chi connectivity index (χ0n) is 17.7. The number of nitrogens with zero attached hydrogens (tertiary/aromatic N) is 3. The predicted molar refractivity (Wildman–Crippen MR) is 130 cm³/mol. The number of carbonyl (C=O) groups is 1. The Hall–Kier alpha value is -1.35. The van der Waals surface area contributed by atoms with Crippen molar-refractivity contribution in [2.75, 3.05) is 45.8 Å². The van der Waals surface area contributed by atoms with Crippen LogP contribution in [0.2, 0.25) is 0 Å². The maximum atomic E-state index is 11.6. The molecule has 0 spiro atoms. The van der Waals surface area contributed by atoms with Gasteiger partial charge in [-0.25, -0.2) is 0 Å². The number of benzene rings is 1. The molecule has 2 aliphatic heterocycles. The molecule has 0 aromatic heterocycles. The Balaban J connectivity index is 0.00000300.